The smallest absolute Gasteiger partial charge is 0.367 e. The SMILES string of the molecule is Cc1cc(Nc2cc(C(F)(F)F)ccn2)nc(-c2ccc(NC3CCN(C(=O)c4ccc5c(c4)C(=O)NC5)CC3)nc2)c1. The zero-order valence-corrected chi connectivity index (χ0v) is 23.2. The standard InChI is InChI=1S/C31H28F3N7O2/c1-18-12-25(39-28(13-18)40-27-15-22(6-9-35-27)31(32,33)34)21-4-5-26(36-17-21)38-23-7-10-41(11-8-23)30(43)19-2-3-20-16-37-29(42)24(20)14-19/h2-6,9,12-15,17,23H,7-8,10-11,16H2,1H3,(H,36,38)(H,37,42)(H,35,39,40). The molecule has 0 unspecified atom stereocenters. The first-order valence-corrected chi connectivity index (χ1v) is 13.8. The molecule has 3 aromatic heterocycles. The Balaban J connectivity index is 1.06. The van der Waals surface area contributed by atoms with E-state index in [1.807, 2.05) is 36.1 Å². The molecule has 0 radical (unpaired) electrons. The van der Waals surface area contributed by atoms with Crippen LogP contribution in [0.2, 0.25) is 0 Å². The summed E-state index contributed by atoms with van der Waals surface area (Å²) in [6.07, 6.45) is -0.172. The summed E-state index contributed by atoms with van der Waals surface area (Å²) in [6.45, 7) is 3.54. The lowest BCUT2D eigenvalue weighted by atomic mass is 10.0. The number of hydrogen-bond donors (Lipinski definition) is 3. The van der Waals surface area contributed by atoms with E-state index in [0.29, 0.717) is 48.1 Å². The van der Waals surface area contributed by atoms with Gasteiger partial charge in [0, 0.05) is 54.8 Å². The Labute approximate surface area is 245 Å². The topological polar surface area (TPSA) is 112 Å². The molecule has 1 aromatic carbocycles. The summed E-state index contributed by atoms with van der Waals surface area (Å²) in [5.41, 5.74) is 3.43. The minimum atomic E-state index is -4.47. The lowest BCUT2D eigenvalue weighted by Crippen LogP contribution is -2.42. The largest absolute Gasteiger partial charge is 0.416 e. The first kappa shape index (κ1) is 28.1. The van der Waals surface area contributed by atoms with E-state index in [1.54, 1.807) is 24.4 Å². The van der Waals surface area contributed by atoms with Crippen molar-refractivity contribution in [3.05, 3.63) is 94.8 Å². The van der Waals surface area contributed by atoms with Gasteiger partial charge in [0.15, 0.2) is 0 Å². The fourth-order valence-corrected chi connectivity index (χ4v) is 5.28. The Morgan fingerprint density at radius 2 is 1.79 bits per heavy atom. The van der Waals surface area contributed by atoms with Crippen LogP contribution in [0.4, 0.5) is 30.6 Å². The van der Waals surface area contributed by atoms with Crippen LogP contribution in [0.3, 0.4) is 0 Å². The van der Waals surface area contributed by atoms with Crippen LogP contribution in [0.15, 0.2) is 67.0 Å². The molecule has 43 heavy (non-hydrogen) atoms. The average Bonchev–Trinajstić information content (AvgIpc) is 3.37. The number of aromatic nitrogens is 3. The highest BCUT2D eigenvalue weighted by molar-refractivity contribution is 6.02. The van der Waals surface area contributed by atoms with Gasteiger partial charge in [-0.3, -0.25) is 9.59 Å². The monoisotopic (exact) mass is 587 g/mol. The second kappa shape index (κ2) is 11.3. The van der Waals surface area contributed by atoms with Crippen LogP contribution >= 0.6 is 0 Å². The van der Waals surface area contributed by atoms with Gasteiger partial charge in [0.1, 0.15) is 17.5 Å². The number of carbonyl (C=O) groups is 2. The second-order valence-corrected chi connectivity index (χ2v) is 10.7. The van der Waals surface area contributed by atoms with Crippen molar-refractivity contribution >= 4 is 29.3 Å². The van der Waals surface area contributed by atoms with Crippen LogP contribution in [0.5, 0.6) is 0 Å². The van der Waals surface area contributed by atoms with Crippen LogP contribution in [0.1, 0.15) is 50.2 Å². The minimum Gasteiger partial charge on any atom is -0.367 e. The normalized spacial score (nSPS) is 15.2. The van der Waals surface area contributed by atoms with Gasteiger partial charge in [-0.25, -0.2) is 15.0 Å². The van der Waals surface area contributed by atoms with Crippen molar-refractivity contribution in [1.82, 2.24) is 25.2 Å². The maximum atomic E-state index is 13.1. The van der Waals surface area contributed by atoms with Crippen LogP contribution in [-0.2, 0) is 12.7 Å². The maximum absolute atomic E-state index is 13.1. The van der Waals surface area contributed by atoms with Gasteiger partial charge in [0.05, 0.1) is 11.3 Å². The molecule has 0 atom stereocenters. The molecule has 6 rings (SSSR count). The second-order valence-electron chi connectivity index (χ2n) is 10.7. The van der Waals surface area contributed by atoms with Crippen LogP contribution in [0, 0.1) is 6.92 Å². The van der Waals surface area contributed by atoms with Crippen molar-refractivity contribution in [1.29, 1.82) is 0 Å². The number of alkyl halides is 3. The van der Waals surface area contributed by atoms with Crippen molar-refractivity contribution in [2.45, 2.75) is 38.5 Å². The van der Waals surface area contributed by atoms with Crippen LogP contribution in [0.25, 0.3) is 11.3 Å². The zero-order valence-electron chi connectivity index (χ0n) is 23.2. The van der Waals surface area contributed by atoms with Crippen LogP contribution < -0.4 is 16.0 Å². The molecule has 2 amide bonds. The third-order valence-corrected chi connectivity index (χ3v) is 7.55. The van der Waals surface area contributed by atoms with Gasteiger partial charge in [0.2, 0.25) is 0 Å². The number of nitrogens with one attached hydrogen (secondary N) is 3. The van der Waals surface area contributed by atoms with E-state index in [2.05, 4.69) is 30.9 Å². The van der Waals surface area contributed by atoms with E-state index in [-0.39, 0.29) is 23.7 Å². The molecule has 2 aliphatic rings. The summed E-state index contributed by atoms with van der Waals surface area (Å²) in [6, 6.07) is 14.6. The summed E-state index contributed by atoms with van der Waals surface area (Å²) < 4.78 is 39.3. The predicted octanol–water partition coefficient (Wildman–Crippen LogP) is 5.57. The summed E-state index contributed by atoms with van der Waals surface area (Å²) in [5.74, 6) is 0.885. The molecular formula is C31H28F3N7O2. The predicted molar refractivity (Wildman–Crippen MR) is 155 cm³/mol. The number of halogens is 3. The van der Waals surface area contributed by atoms with E-state index in [1.165, 1.54) is 0 Å². The summed E-state index contributed by atoms with van der Waals surface area (Å²) >= 11 is 0. The van der Waals surface area contributed by atoms with Crippen LogP contribution in [-0.4, -0.2) is 50.8 Å². The summed E-state index contributed by atoms with van der Waals surface area (Å²) in [5, 5.41) is 9.08. The molecule has 1 saturated heterocycles. The third-order valence-electron chi connectivity index (χ3n) is 7.55. The fraction of sp³-hybridized carbons (Fsp3) is 0.258. The fourth-order valence-electron chi connectivity index (χ4n) is 5.28. The van der Waals surface area contributed by atoms with Gasteiger partial charge in [-0.2, -0.15) is 13.2 Å². The number of anilines is 3. The molecule has 0 bridgehead atoms. The molecule has 0 spiro atoms. The van der Waals surface area contributed by atoms with Gasteiger partial charge in [-0.1, -0.05) is 6.07 Å². The van der Waals surface area contributed by atoms with Gasteiger partial charge < -0.3 is 20.9 Å². The summed E-state index contributed by atoms with van der Waals surface area (Å²) in [7, 11) is 0. The van der Waals surface area contributed by atoms with Gasteiger partial charge in [-0.15, -0.1) is 0 Å². The highest BCUT2D eigenvalue weighted by Gasteiger charge is 2.31. The quantitative estimate of drug-likeness (QED) is 0.271. The van der Waals surface area contributed by atoms with Crippen molar-refractivity contribution in [2.75, 3.05) is 23.7 Å². The Hall–Kier alpha value is -5.00. The Morgan fingerprint density at radius 3 is 2.53 bits per heavy atom. The number of amides is 2. The number of benzene rings is 1. The first-order valence-electron chi connectivity index (χ1n) is 13.8. The number of rotatable bonds is 6. The Bertz CT molecular complexity index is 1680. The average molecular weight is 588 g/mol. The maximum Gasteiger partial charge on any atom is 0.416 e. The molecule has 2 aliphatic heterocycles. The van der Waals surface area contributed by atoms with Crippen molar-refractivity contribution in [2.24, 2.45) is 0 Å². The highest BCUT2D eigenvalue weighted by atomic mass is 19.4. The highest BCUT2D eigenvalue weighted by Crippen LogP contribution is 2.31. The zero-order chi connectivity index (χ0) is 30.1. The van der Waals surface area contributed by atoms with E-state index in [9.17, 15) is 22.8 Å². The molecule has 9 nitrogen and oxygen atoms in total. The van der Waals surface area contributed by atoms with Gasteiger partial charge in [0.25, 0.3) is 11.8 Å². The van der Waals surface area contributed by atoms with E-state index in [4.69, 9.17) is 0 Å². The minimum absolute atomic E-state index is 0.0453. The molecule has 5 heterocycles. The number of likely N-dealkylation sites (tertiary alicyclic amines) is 1. The van der Waals surface area contributed by atoms with E-state index >= 15 is 0 Å². The number of fused-ring (bicyclic) bond motifs is 1. The Morgan fingerprint density at radius 1 is 0.977 bits per heavy atom. The van der Waals surface area contributed by atoms with E-state index < -0.39 is 11.7 Å². The molecular weight excluding hydrogens is 559 g/mol. The van der Waals surface area contributed by atoms with Crippen molar-refractivity contribution in [3.63, 3.8) is 0 Å². The van der Waals surface area contributed by atoms with Gasteiger partial charge >= 0.3 is 6.18 Å². The number of aryl methyl sites for hydroxylation is 1. The molecule has 12 heteroatoms. The number of hydrogen-bond acceptors (Lipinski definition) is 7. The number of carbonyl (C=O) groups excluding carboxylic acids is 2. The number of pyridine rings is 3. The molecule has 4 aromatic rings. The number of piperidine rings is 1. The van der Waals surface area contributed by atoms with Crippen molar-refractivity contribution < 1.29 is 22.8 Å². The lowest BCUT2D eigenvalue weighted by molar-refractivity contribution is -0.137. The summed E-state index contributed by atoms with van der Waals surface area (Å²) in [4.78, 5) is 39.9. The Kier molecular flexibility index (Phi) is 7.43. The molecule has 0 aliphatic carbocycles. The molecule has 220 valence electrons. The molecule has 1 fully saturated rings. The number of nitrogens with zero attached hydrogens (tertiary/aromatic N) is 4. The molecule has 3 N–H and O–H groups in total. The van der Waals surface area contributed by atoms with E-state index in [0.717, 1.165) is 47.9 Å². The third kappa shape index (κ3) is 6.27. The lowest BCUT2D eigenvalue weighted by Gasteiger charge is -2.32. The first-order chi connectivity index (χ1) is 20.6. The molecule has 0 saturated carbocycles. The van der Waals surface area contributed by atoms with Crippen molar-refractivity contribution in [3.8, 4) is 11.3 Å². The van der Waals surface area contributed by atoms with Gasteiger partial charge in [-0.05, 0) is 79.4 Å².